The first-order valence-corrected chi connectivity index (χ1v) is 12.6. The molecule has 1 aliphatic rings. The van der Waals surface area contributed by atoms with Gasteiger partial charge < -0.3 is 19.1 Å². The summed E-state index contributed by atoms with van der Waals surface area (Å²) >= 11 is 0. The van der Waals surface area contributed by atoms with E-state index in [1.807, 2.05) is 75.3 Å². The minimum absolute atomic E-state index is 0.0487. The van der Waals surface area contributed by atoms with Gasteiger partial charge in [0.05, 0.1) is 29.0 Å². The average molecular weight is 501 g/mol. The molecule has 0 spiro atoms. The van der Waals surface area contributed by atoms with Gasteiger partial charge in [-0.05, 0) is 51.0 Å². The topological polar surface area (TPSA) is 85.5 Å². The van der Waals surface area contributed by atoms with E-state index in [1.165, 1.54) is 0 Å². The highest BCUT2D eigenvalue weighted by molar-refractivity contribution is 5.92. The number of likely N-dealkylation sites (tertiary alicyclic amines) is 1. The van der Waals surface area contributed by atoms with Gasteiger partial charge in [-0.3, -0.25) is 9.59 Å². The zero-order chi connectivity index (χ0) is 26.1. The number of benzene rings is 2. The summed E-state index contributed by atoms with van der Waals surface area (Å²) in [4.78, 5) is 39.8. The molecule has 9 nitrogen and oxygen atoms in total. The van der Waals surface area contributed by atoms with Crippen molar-refractivity contribution in [2.75, 3.05) is 25.0 Å². The quantitative estimate of drug-likeness (QED) is 0.402. The van der Waals surface area contributed by atoms with Crippen molar-refractivity contribution in [1.82, 2.24) is 24.0 Å². The summed E-state index contributed by atoms with van der Waals surface area (Å²) in [6.07, 6.45) is 4.84. The summed E-state index contributed by atoms with van der Waals surface area (Å²) in [5, 5.41) is 0.551. The van der Waals surface area contributed by atoms with E-state index in [-0.39, 0.29) is 23.6 Å². The normalized spacial score (nSPS) is 14.4. The molecule has 1 saturated heterocycles. The Bertz CT molecular complexity index is 1480. The third kappa shape index (κ3) is 4.81. The lowest BCUT2D eigenvalue weighted by Crippen LogP contribution is -2.47. The van der Waals surface area contributed by atoms with Crippen molar-refractivity contribution in [3.8, 4) is 11.4 Å². The summed E-state index contributed by atoms with van der Waals surface area (Å²) in [5.41, 5.74) is 1.62. The van der Waals surface area contributed by atoms with E-state index in [4.69, 9.17) is 9.72 Å². The molecule has 3 heterocycles. The van der Waals surface area contributed by atoms with Gasteiger partial charge in [0.2, 0.25) is 5.95 Å². The van der Waals surface area contributed by atoms with Gasteiger partial charge in [-0.15, -0.1) is 0 Å². The third-order valence-electron chi connectivity index (χ3n) is 6.77. The number of anilines is 1. The average Bonchev–Trinajstić information content (AvgIpc) is 3.34. The number of rotatable bonds is 6. The molecule has 0 unspecified atom stereocenters. The number of para-hydroxylation sites is 3. The van der Waals surface area contributed by atoms with Crippen LogP contribution in [-0.4, -0.2) is 62.2 Å². The number of hydrogen-bond acceptors (Lipinski definition) is 6. The van der Waals surface area contributed by atoms with Crippen LogP contribution in [0.4, 0.5) is 5.95 Å². The minimum Gasteiger partial charge on any atom is -0.489 e. The van der Waals surface area contributed by atoms with Crippen LogP contribution < -0.4 is 15.2 Å². The number of imidazole rings is 1. The fraction of sp³-hybridized carbons (Fsp3) is 0.357. The van der Waals surface area contributed by atoms with Gasteiger partial charge in [0.25, 0.3) is 11.5 Å². The Morgan fingerprint density at radius 1 is 1.08 bits per heavy atom. The standard InChI is InChI=1S/C28H32N6O3/c1-19(2)37-25-12-8-7-11-24(25)34-26(35)21-9-5-6-10-22(21)30-28(34)32(4)20-13-15-33(16-14-20)27(36)23-17-31(3)18-29-23/h5-12,17-20H,13-16H2,1-4H3. The van der Waals surface area contributed by atoms with Gasteiger partial charge >= 0.3 is 0 Å². The second-order valence-corrected chi connectivity index (χ2v) is 9.76. The molecular weight excluding hydrogens is 468 g/mol. The SMILES string of the molecule is CC(C)Oc1ccccc1-n1c(N(C)C2CCN(C(=O)c3cn(C)cn3)CC2)nc2ccccc2c1=O. The van der Waals surface area contributed by atoms with Crippen LogP contribution >= 0.6 is 0 Å². The highest BCUT2D eigenvalue weighted by Crippen LogP contribution is 2.29. The maximum Gasteiger partial charge on any atom is 0.274 e. The van der Waals surface area contributed by atoms with Gasteiger partial charge in [-0.1, -0.05) is 24.3 Å². The second-order valence-electron chi connectivity index (χ2n) is 9.76. The number of aryl methyl sites for hydroxylation is 1. The van der Waals surface area contributed by atoms with E-state index in [9.17, 15) is 9.59 Å². The van der Waals surface area contributed by atoms with Crippen LogP contribution in [0.3, 0.4) is 0 Å². The molecule has 4 aromatic rings. The molecule has 0 N–H and O–H groups in total. The van der Waals surface area contributed by atoms with Crippen LogP contribution in [0.2, 0.25) is 0 Å². The fourth-order valence-electron chi connectivity index (χ4n) is 4.88. The van der Waals surface area contributed by atoms with E-state index >= 15 is 0 Å². The molecule has 1 fully saturated rings. The number of fused-ring (bicyclic) bond motifs is 1. The molecule has 192 valence electrons. The first-order chi connectivity index (χ1) is 17.8. The summed E-state index contributed by atoms with van der Waals surface area (Å²) in [6.45, 7) is 5.14. The van der Waals surface area contributed by atoms with Gasteiger partial charge in [0.1, 0.15) is 11.4 Å². The van der Waals surface area contributed by atoms with E-state index in [2.05, 4.69) is 9.88 Å². The van der Waals surface area contributed by atoms with Crippen LogP contribution in [0.5, 0.6) is 5.75 Å². The minimum atomic E-state index is -0.143. The van der Waals surface area contributed by atoms with Gasteiger partial charge in [0.15, 0.2) is 0 Å². The lowest BCUT2D eigenvalue weighted by Gasteiger charge is -2.37. The summed E-state index contributed by atoms with van der Waals surface area (Å²) in [7, 11) is 3.82. The van der Waals surface area contributed by atoms with Crippen LogP contribution in [0, 0.1) is 0 Å². The van der Waals surface area contributed by atoms with Crippen LogP contribution in [0.25, 0.3) is 16.6 Å². The van der Waals surface area contributed by atoms with E-state index in [0.717, 1.165) is 12.8 Å². The lowest BCUT2D eigenvalue weighted by molar-refractivity contribution is 0.0707. The molecule has 0 aliphatic carbocycles. The first-order valence-electron chi connectivity index (χ1n) is 12.6. The number of hydrogen-bond donors (Lipinski definition) is 0. The molecule has 2 aromatic carbocycles. The second kappa shape index (κ2) is 10.1. The van der Waals surface area contributed by atoms with E-state index in [1.54, 1.807) is 27.7 Å². The Labute approximate surface area is 215 Å². The van der Waals surface area contributed by atoms with Crippen molar-refractivity contribution in [3.05, 3.63) is 77.1 Å². The van der Waals surface area contributed by atoms with Crippen molar-refractivity contribution in [3.63, 3.8) is 0 Å². The number of amides is 1. The maximum atomic E-state index is 13.9. The van der Waals surface area contributed by atoms with Crippen molar-refractivity contribution in [1.29, 1.82) is 0 Å². The van der Waals surface area contributed by atoms with Crippen molar-refractivity contribution in [2.24, 2.45) is 7.05 Å². The number of nitrogens with zero attached hydrogens (tertiary/aromatic N) is 6. The van der Waals surface area contributed by atoms with Crippen molar-refractivity contribution < 1.29 is 9.53 Å². The Kier molecular flexibility index (Phi) is 6.69. The van der Waals surface area contributed by atoms with E-state index < -0.39 is 0 Å². The first kappa shape index (κ1) is 24.5. The zero-order valence-corrected chi connectivity index (χ0v) is 21.7. The number of carbonyl (C=O) groups excluding carboxylic acids is 1. The zero-order valence-electron chi connectivity index (χ0n) is 21.7. The molecule has 0 bridgehead atoms. The molecule has 2 aromatic heterocycles. The third-order valence-corrected chi connectivity index (χ3v) is 6.77. The van der Waals surface area contributed by atoms with E-state index in [0.29, 0.717) is 47.1 Å². The van der Waals surface area contributed by atoms with Gasteiger partial charge in [0, 0.05) is 39.4 Å². The Morgan fingerprint density at radius 2 is 1.78 bits per heavy atom. The smallest absolute Gasteiger partial charge is 0.274 e. The molecule has 0 radical (unpaired) electrons. The molecule has 1 amide bonds. The molecular formula is C28H32N6O3. The highest BCUT2D eigenvalue weighted by Gasteiger charge is 2.29. The van der Waals surface area contributed by atoms with Gasteiger partial charge in [-0.25, -0.2) is 14.5 Å². The summed E-state index contributed by atoms with van der Waals surface area (Å²) < 4.78 is 9.51. The largest absolute Gasteiger partial charge is 0.489 e. The molecule has 37 heavy (non-hydrogen) atoms. The molecule has 9 heteroatoms. The fourth-order valence-corrected chi connectivity index (χ4v) is 4.88. The molecule has 0 atom stereocenters. The predicted octanol–water partition coefficient (Wildman–Crippen LogP) is 3.65. The Morgan fingerprint density at radius 3 is 2.49 bits per heavy atom. The summed E-state index contributed by atoms with van der Waals surface area (Å²) in [6, 6.07) is 15.1. The Balaban J connectivity index is 1.50. The van der Waals surface area contributed by atoms with Gasteiger partial charge in [-0.2, -0.15) is 0 Å². The number of piperidine rings is 1. The number of ether oxygens (including phenoxy) is 1. The molecule has 1 aliphatic heterocycles. The number of carbonyl (C=O) groups is 1. The van der Waals surface area contributed by atoms with Crippen molar-refractivity contribution in [2.45, 2.75) is 38.8 Å². The monoisotopic (exact) mass is 500 g/mol. The highest BCUT2D eigenvalue weighted by atomic mass is 16.5. The summed E-state index contributed by atoms with van der Waals surface area (Å²) in [5.74, 6) is 1.13. The van der Waals surface area contributed by atoms with Crippen LogP contribution in [0.1, 0.15) is 37.2 Å². The molecule has 0 saturated carbocycles. The number of aromatic nitrogens is 4. The molecule has 5 rings (SSSR count). The lowest BCUT2D eigenvalue weighted by atomic mass is 10.0. The van der Waals surface area contributed by atoms with Crippen LogP contribution in [-0.2, 0) is 7.05 Å². The van der Waals surface area contributed by atoms with Crippen LogP contribution in [0.15, 0.2) is 65.8 Å². The predicted molar refractivity (Wildman–Crippen MR) is 144 cm³/mol. The maximum absolute atomic E-state index is 13.9. The van der Waals surface area contributed by atoms with Crippen molar-refractivity contribution >= 4 is 22.8 Å². The Hall–Kier alpha value is -4.14.